The fourth-order valence-electron chi connectivity index (χ4n) is 5.71. The molecule has 4 saturated heterocycles. The molecule has 4 nitrogen and oxygen atoms in total. The van der Waals surface area contributed by atoms with E-state index in [1.807, 2.05) is 18.2 Å². The summed E-state index contributed by atoms with van der Waals surface area (Å²) < 4.78 is 0. The van der Waals surface area contributed by atoms with Crippen LogP contribution in [0.5, 0.6) is 0 Å². The first-order chi connectivity index (χ1) is 12.0. The molecule has 0 radical (unpaired) electrons. The Balaban J connectivity index is 1.60. The van der Waals surface area contributed by atoms with E-state index in [2.05, 4.69) is 53.1 Å². The van der Waals surface area contributed by atoms with Gasteiger partial charge in [0.25, 0.3) is 0 Å². The zero-order valence-corrected chi connectivity index (χ0v) is 14.6. The van der Waals surface area contributed by atoms with E-state index in [4.69, 9.17) is 5.73 Å². The number of nitrogen functional groups attached to an aromatic ring is 1. The third-order valence-electron chi connectivity index (χ3n) is 6.53. The van der Waals surface area contributed by atoms with Crippen LogP contribution in [-0.2, 0) is 5.41 Å². The Morgan fingerprint density at radius 3 is 2.28 bits per heavy atom. The van der Waals surface area contributed by atoms with Crippen LogP contribution in [0.3, 0.4) is 0 Å². The summed E-state index contributed by atoms with van der Waals surface area (Å²) in [5.74, 6) is 0. The van der Waals surface area contributed by atoms with Gasteiger partial charge in [0.2, 0.25) is 0 Å². The molecule has 3 unspecified atom stereocenters. The van der Waals surface area contributed by atoms with Gasteiger partial charge in [-0.1, -0.05) is 49.4 Å². The number of aliphatic hydroxyl groups excluding tert-OH is 1. The molecule has 3 atom stereocenters. The van der Waals surface area contributed by atoms with E-state index >= 15 is 0 Å². The number of aliphatic hydroxyl groups is 1. The first-order valence-corrected chi connectivity index (χ1v) is 9.09. The molecule has 0 saturated carbocycles. The van der Waals surface area contributed by atoms with E-state index < -0.39 is 0 Å². The summed E-state index contributed by atoms with van der Waals surface area (Å²) in [5, 5.41) is 11.3. The van der Waals surface area contributed by atoms with Crippen molar-refractivity contribution in [2.24, 2.45) is 5.41 Å². The SMILES string of the molecule is CC12CN3CC(c4ccccc4)(CN(C1)C3c1cccc(N)c1)C2O. The van der Waals surface area contributed by atoms with E-state index in [1.54, 1.807) is 0 Å². The van der Waals surface area contributed by atoms with Gasteiger partial charge in [-0.15, -0.1) is 0 Å². The van der Waals surface area contributed by atoms with E-state index in [1.165, 1.54) is 11.1 Å². The van der Waals surface area contributed by atoms with Gasteiger partial charge in [-0.2, -0.15) is 0 Å². The molecule has 4 heterocycles. The number of nitrogens with zero attached hydrogens (tertiary/aromatic N) is 2. The second kappa shape index (κ2) is 5.07. The summed E-state index contributed by atoms with van der Waals surface area (Å²) >= 11 is 0. The Morgan fingerprint density at radius 1 is 0.960 bits per heavy atom. The molecule has 0 aromatic heterocycles. The number of hydrogen-bond donors (Lipinski definition) is 2. The van der Waals surface area contributed by atoms with Crippen LogP contribution in [0.4, 0.5) is 5.69 Å². The average Bonchev–Trinajstić information content (AvgIpc) is 2.59. The summed E-state index contributed by atoms with van der Waals surface area (Å²) in [6, 6.07) is 18.8. The smallest absolute Gasteiger partial charge is 0.0888 e. The molecular weight excluding hydrogens is 310 g/mol. The Morgan fingerprint density at radius 2 is 1.64 bits per heavy atom. The molecule has 25 heavy (non-hydrogen) atoms. The van der Waals surface area contributed by atoms with Crippen LogP contribution < -0.4 is 5.73 Å². The number of hydrogen-bond acceptors (Lipinski definition) is 4. The molecule has 0 aliphatic carbocycles. The van der Waals surface area contributed by atoms with Gasteiger partial charge >= 0.3 is 0 Å². The number of nitrogens with two attached hydrogens (primary N) is 1. The molecule has 4 aliphatic heterocycles. The summed E-state index contributed by atoms with van der Waals surface area (Å²) in [7, 11) is 0. The van der Waals surface area contributed by atoms with E-state index in [-0.39, 0.29) is 23.1 Å². The van der Waals surface area contributed by atoms with Crippen molar-refractivity contribution in [2.45, 2.75) is 24.6 Å². The van der Waals surface area contributed by atoms with Crippen LogP contribution in [0, 0.1) is 5.41 Å². The predicted molar refractivity (Wildman–Crippen MR) is 99.0 cm³/mol. The minimum atomic E-state index is -0.309. The first-order valence-electron chi connectivity index (χ1n) is 9.09. The predicted octanol–water partition coefficient (Wildman–Crippen LogP) is 2.22. The third kappa shape index (κ3) is 2.05. The highest BCUT2D eigenvalue weighted by atomic mass is 16.3. The summed E-state index contributed by atoms with van der Waals surface area (Å²) in [5.41, 5.74) is 9.08. The minimum Gasteiger partial charge on any atom is -0.399 e. The van der Waals surface area contributed by atoms with Crippen molar-refractivity contribution >= 4 is 5.69 Å². The van der Waals surface area contributed by atoms with Gasteiger partial charge in [0.1, 0.15) is 0 Å². The molecule has 0 amide bonds. The maximum Gasteiger partial charge on any atom is 0.0888 e. The monoisotopic (exact) mass is 335 g/mol. The van der Waals surface area contributed by atoms with Crippen molar-refractivity contribution in [2.75, 3.05) is 31.9 Å². The van der Waals surface area contributed by atoms with Crippen LogP contribution in [0.25, 0.3) is 0 Å². The third-order valence-corrected chi connectivity index (χ3v) is 6.53. The number of anilines is 1. The molecule has 3 N–H and O–H groups in total. The van der Waals surface area contributed by atoms with Crippen LogP contribution in [-0.4, -0.2) is 47.2 Å². The van der Waals surface area contributed by atoms with Crippen LogP contribution in [0.1, 0.15) is 24.2 Å². The maximum absolute atomic E-state index is 11.3. The summed E-state index contributed by atoms with van der Waals surface area (Å²) in [6.45, 7) is 5.88. The lowest BCUT2D eigenvalue weighted by atomic mass is 9.57. The number of piperidine rings is 2. The second-order valence-corrected chi connectivity index (χ2v) is 8.43. The lowest BCUT2D eigenvalue weighted by Crippen LogP contribution is -2.79. The standard InChI is InChI=1S/C21H25N3O/c1-20-11-23-13-21(19(20)25,16-7-3-2-4-8-16)14-24(12-20)18(23)15-6-5-9-17(22)10-15/h2-10,18-19,25H,11-14,22H2,1H3. The van der Waals surface area contributed by atoms with Gasteiger partial charge in [-0.05, 0) is 23.3 Å². The van der Waals surface area contributed by atoms with Crippen molar-refractivity contribution in [1.29, 1.82) is 0 Å². The van der Waals surface area contributed by atoms with Gasteiger partial charge in [-0.25, -0.2) is 0 Å². The molecule has 4 heteroatoms. The number of benzene rings is 2. The van der Waals surface area contributed by atoms with Crippen molar-refractivity contribution in [3.05, 3.63) is 65.7 Å². The van der Waals surface area contributed by atoms with Gasteiger partial charge in [0, 0.05) is 42.7 Å². The molecule has 130 valence electrons. The Bertz CT molecular complexity index is 790. The van der Waals surface area contributed by atoms with Crippen molar-refractivity contribution in [3.8, 4) is 0 Å². The van der Waals surface area contributed by atoms with E-state index in [9.17, 15) is 5.11 Å². The van der Waals surface area contributed by atoms with Gasteiger partial charge in [-0.3, -0.25) is 9.80 Å². The van der Waals surface area contributed by atoms with Crippen LogP contribution in [0.15, 0.2) is 54.6 Å². The topological polar surface area (TPSA) is 52.7 Å². The highest BCUT2D eigenvalue weighted by Crippen LogP contribution is 2.55. The molecule has 4 bridgehead atoms. The molecule has 2 aromatic rings. The molecular formula is C21H25N3O. The lowest BCUT2D eigenvalue weighted by molar-refractivity contribution is -0.232. The zero-order valence-electron chi connectivity index (χ0n) is 14.6. The highest BCUT2D eigenvalue weighted by molar-refractivity contribution is 5.43. The Kier molecular flexibility index (Phi) is 3.12. The van der Waals surface area contributed by atoms with Gasteiger partial charge < -0.3 is 10.8 Å². The molecule has 4 fully saturated rings. The fraction of sp³-hybridized carbons (Fsp3) is 0.429. The normalized spacial score (nSPS) is 41.8. The van der Waals surface area contributed by atoms with Crippen LogP contribution >= 0.6 is 0 Å². The van der Waals surface area contributed by atoms with Crippen molar-refractivity contribution < 1.29 is 5.11 Å². The molecule has 2 aromatic carbocycles. The van der Waals surface area contributed by atoms with Crippen LogP contribution in [0.2, 0.25) is 0 Å². The number of rotatable bonds is 2. The summed E-state index contributed by atoms with van der Waals surface area (Å²) in [4.78, 5) is 5.09. The quantitative estimate of drug-likeness (QED) is 0.827. The Labute approximate surface area is 148 Å². The Hall–Kier alpha value is -1.88. The van der Waals surface area contributed by atoms with Crippen molar-refractivity contribution in [3.63, 3.8) is 0 Å². The van der Waals surface area contributed by atoms with E-state index in [0.717, 1.165) is 31.9 Å². The fourth-order valence-corrected chi connectivity index (χ4v) is 5.71. The van der Waals surface area contributed by atoms with E-state index in [0.29, 0.717) is 0 Å². The zero-order chi connectivity index (χ0) is 17.2. The molecule has 0 spiro atoms. The highest BCUT2D eigenvalue weighted by Gasteiger charge is 2.64. The lowest BCUT2D eigenvalue weighted by Gasteiger charge is -2.69. The van der Waals surface area contributed by atoms with Gasteiger partial charge in [0.05, 0.1) is 12.3 Å². The maximum atomic E-state index is 11.3. The average molecular weight is 335 g/mol. The molecule has 6 rings (SSSR count). The van der Waals surface area contributed by atoms with Crippen molar-refractivity contribution in [1.82, 2.24) is 9.80 Å². The molecule has 4 aliphatic rings. The second-order valence-electron chi connectivity index (χ2n) is 8.43. The van der Waals surface area contributed by atoms with Gasteiger partial charge in [0.15, 0.2) is 0 Å². The largest absolute Gasteiger partial charge is 0.399 e. The minimum absolute atomic E-state index is 0.0941. The summed E-state index contributed by atoms with van der Waals surface area (Å²) in [6.07, 6.45) is -0.0439. The first kappa shape index (κ1) is 15.4.